The van der Waals surface area contributed by atoms with Crippen molar-refractivity contribution in [2.45, 2.75) is 6.54 Å². The van der Waals surface area contributed by atoms with Crippen LogP contribution in [0, 0.1) is 0 Å². The van der Waals surface area contributed by atoms with E-state index in [0.717, 1.165) is 4.88 Å². The molecule has 0 radical (unpaired) electrons. The van der Waals surface area contributed by atoms with Crippen LogP contribution in [0.15, 0.2) is 59.0 Å². The SMILES string of the molecule is NC(=O)c1ccccc1NC(=O)Cn1cnc(-c2cccs2)cc1=O. The fourth-order valence-electron chi connectivity index (χ4n) is 2.26. The Morgan fingerprint density at radius 2 is 2.00 bits per heavy atom. The van der Waals surface area contributed by atoms with Crippen LogP contribution in [-0.4, -0.2) is 21.4 Å². The van der Waals surface area contributed by atoms with Crippen molar-refractivity contribution in [2.75, 3.05) is 5.32 Å². The molecule has 0 spiro atoms. The number of amides is 2. The number of nitrogens with one attached hydrogen (secondary N) is 1. The minimum Gasteiger partial charge on any atom is -0.366 e. The van der Waals surface area contributed by atoms with Crippen LogP contribution in [0.25, 0.3) is 10.6 Å². The molecule has 0 aliphatic rings. The van der Waals surface area contributed by atoms with E-state index in [1.807, 2.05) is 17.5 Å². The van der Waals surface area contributed by atoms with E-state index in [1.54, 1.807) is 18.2 Å². The van der Waals surface area contributed by atoms with Gasteiger partial charge in [0, 0.05) is 6.07 Å². The largest absolute Gasteiger partial charge is 0.366 e. The highest BCUT2D eigenvalue weighted by Gasteiger charge is 2.12. The summed E-state index contributed by atoms with van der Waals surface area (Å²) in [7, 11) is 0. The number of nitrogens with two attached hydrogens (primary N) is 1. The minimum absolute atomic E-state index is 0.203. The van der Waals surface area contributed by atoms with Gasteiger partial charge in [-0.1, -0.05) is 18.2 Å². The topological polar surface area (TPSA) is 107 Å². The van der Waals surface area contributed by atoms with Crippen molar-refractivity contribution in [2.24, 2.45) is 5.73 Å². The highest BCUT2D eigenvalue weighted by atomic mass is 32.1. The molecule has 0 fully saturated rings. The standard InChI is InChI=1S/C17H14N4O3S/c18-17(24)11-4-1-2-5-12(11)20-15(22)9-21-10-19-13(8-16(21)23)14-6-3-7-25-14/h1-8,10H,9H2,(H2,18,24)(H,20,22). The van der Waals surface area contributed by atoms with Crippen molar-refractivity contribution < 1.29 is 9.59 Å². The Morgan fingerprint density at radius 1 is 1.20 bits per heavy atom. The van der Waals surface area contributed by atoms with Gasteiger partial charge in [0.1, 0.15) is 6.54 Å². The Morgan fingerprint density at radius 3 is 2.68 bits per heavy atom. The predicted octanol–water partition coefficient (Wildman–Crippen LogP) is 1.71. The summed E-state index contributed by atoms with van der Waals surface area (Å²) in [6.07, 6.45) is 1.33. The zero-order valence-corrected chi connectivity index (χ0v) is 13.8. The molecule has 2 heterocycles. The van der Waals surface area contributed by atoms with Gasteiger partial charge in [0.15, 0.2) is 0 Å². The van der Waals surface area contributed by atoms with Crippen LogP contribution in [0.4, 0.5) is 5.69 Å². The Kier molecular flexibility index (Phi) is 4.71. The highest BCUT2D eigenvalue weighted by molar-refractivity contribution is 7.13. The number of para-hydroxylation sites is 1. The lowest BCUT2D eigenvalue weighted by atomic mass is 10.1. The van der Waals surface area contributed by atoms with Gasteiger partial charge in [-0.15, -0.1) is 11.3 Å². The molecular weight excluding hydrogens is 340 g/mol. The van der Waals surface area contributed by atoms with Crippen LogP contribution in [0.2, 0.25) is 0 Å². The summed E-state index contributed by atoms with van der Waals surface area (Å²) in [6, 6.07) is 11.5. The molecule has 25 heavy (non-hydrogen) atoms. The Bertz CT molecular complexity index is 980. The lowest BCUT2D eigenvalue weighted by Gasteiger charge is -2.10. The summed E-state index contributed by atoms with van der Waals surface area (Å²) in [5.74, 6) is -1.10. The first-order chi connectivity index (χ1) is 12.0. The number of carbonyl (C=O) groups is 2. The predicted molar refractivity (Wildman–Crippen MR) is 95.4 cm³/mol. The Balaban J connectivity index is 1.76. The molecule has 3 aromatic rings. The number of rotatable bonds is 5. The zero-order valence-electron chi connectivity index (χ0n) is 13.0. The molecule has 126 valence electrons. The first kappa shape index (κ1) is 16.6. The molecule has 0 unspecified atom stereocenters. The van der Waals surface area contributed by atoms with Gasteiger partial charge in [-0.3, -0.25) is 19.0 Å². The molecule has 0 saturated carbocycles. The summed E-state index contributed by atoms with van der Waals surface area (Å²) in [5.41, 5.74) is 6.01. The van der Waals surface area contributed by atoms with E-state index in [1.165, 1.54) is 34.4 Å². The van der Waals surface area contributed by atoms with Gasteiger partial charge in [0.25, 0.3) is 11.5 Å². The molecule has 1 aromatic carbocycles. The molecule has 0 saturated heterocycles. The number of carbonyl (C=O) groups excluding carboxylic acids is 2. The lowest BCUT2D eigenvalue weighted by Crippen LogP contribution is -2.28. The zero-order chi connectivity index (χ0) is 17.8. The average Bonchev–Trinajstić information content (AvgIpc) is 3.11. The van der Waals surface area contributed by atoms with Crippen LogP contribution in [0.5, 0.6) is 0 Å². The Hall–Kier alpha value is -3.26. The molecule has 0 bridgehead atoms. The third kappa shape index (κ3) is 3.81. The molecule has 2 amide bonds. The number of thiophene rings is 1. The molecule has 0 atom stereocenters. The van der Waals surface area contributed by atoms with Gasteiger partial charge in [-0.05, 0) is 23.6 Å². The first-order valence-electron chi connectivity index (χ1n) is 7.33. The Labute approximate surface area is 146 Å². The number of anilines is 1. The van der Waals surface area contributed by atoms with Gasteiger partial charge < -0.3 is 11.1 Å². The van der Waals surface area contributed by atoms with Gasteiger partial charge in [0.05, 0.1) is 28.1 Å². The number of primary amides is 1. The summed E-state index contributed by atoms with van der Waals surface area (Å²) in [6.45, 7) is -0.219. The van der Waals surface area contributed by atoms with E-state index in [0.29, 0.717) is 11.4 Å². The number of benzene rings is 1. The van der Waals surface area contributed by atoms with Crippen molar-refractivity contribution in [3.8, 4) is 10.6 Å². The summed E-state index contributed by atoms with van der Waals surface area (Å²) < 4.78 is 1.19. The molecule has 7 nitrogen and oxygen atoms in total. The van der Waals surface area contributed by atoms with Crippen LogP contribution < -0.4 is 16.6 Å². The normalized spacial score (nSPS) is 10.4. The fraction of sp³-hybridized carbons (Fsp3) is 0.0588. The quantitative estimate of drug-likeness (QED) is 0.727. The molecule has 0 aliphatic carbocycles. The molecule has 0 aliphatic heterocycles. The van der Waals surface area contributed by atoms with Crippen molar-refractivity contribution in [3.05, 3.63) is 70.1 Å². The molecule has 3 N–H and O–H groups in total. The third-order valence-corrected chi connectivity index (χ3v) is 4.33. The maximum atomic E-state index is 12.2. The second-order valence-electron chi connectivity index (χ2n) is 5.18. The van der Waals surface area contributed by atoms with Crippen LogP contribution in [-0.2, 0) is 11.3 Å². The minimum atomic E-state index is -0.643. The summed E-state index contributed by atoms with van der Waals surface area (Å²) >= 11 is 1.48. The molecule has 2 aromatic heterocycles. The molecule has 3 rings (SSSR count). The van der Waals surface area contributed by atoms with E-state index < -0.39 is 11.8 Å². The second-order valence-corrected chi connectivity index (χ2v) is 6.12. The van der Waals surface area contributed by atoms with Gasteiger partial charge in [-0.2, -0.15) is 0 Å². The van der Waals surface area contributed by atoms with Crippen LogP contribution in [0.3, 0.4) is 0 Å². The average molecular weight is 354 g/mol. The third-order valence-electron chi connectivity index (χ3n) is 3.43. The van der Waals surface area contributed by atoms with Gasteiger partial charge in [-0.25, -0.2) is 4.98 Å². The smallest absolute Gasteiger partial charge is 0.254 e. The lowest BCUT2D eigenvalue weighted by molar-refractivity contribution is -0.116. The van der Waals surface area contributed by atoms with Crippen molar-refractivity contribution in [1.82, 2.24) is 9.55 Å². The van der Waals surface area contributed by atoms with Crippen LogP contribution in [0.1, 0.15) is 10.4 Å². The van der Waals surface area contributed by atoms with E-state index in [-0.39, 0.29) is 17.7 Å². The van der Waals surface area contributed by atoms with E-state index in [2.05, 4.69) is 10.3 Å². The molecule has 8 heteroatoms. The van der Waals surface area contributed by atoms with E-state index in [4.69, 9.17) is 5.73 Å². The monoisotopic (exact) mass is 354 g/mol. The summed E-state index contributed by atoms with van der Waals surface area (Å²) in [5, 5.41) is 4.48. The maximum Gasteiger partial charge on any atom is 0.254 e. The van der Waals surface area contributed by atoms with E-state index in [9.17, 15) is 14.4 Å². The number of hydrogen-bond donors (Lipinski definition) is 2. The fourth-order valence-corrected chi connectivity index (χ4v) is 2.95. The van der Waals surface area contributed by atoms with Crippen molar-refractivity contribution in [1.29, 1.82) is 0 Å². The van der Waals surface area contributed by atoms with Crippen molar-refractivity contribution in [3.63, 3.8) is 0 Å². The number of hydrogen-bond acceptors (Lipinski definition) is 5. The van der Waals surface area contributed by atoms with Crippen LogP contribution >= 0.6 is 11.3 Å². The van der Waals surface area contributed by atoms with E-state index >= 15 is 0 Å². The summed E-state index contributed by atoms with van der Waals surface area (Å²) in [4.78, 5) is 40.8. The number of nitrogens with zero attached hydrogens (tertiary/aromatic N) is 2. The molecular formula is C17H14N4O3S. The highest BCUT2D eigenvalue weighted by Crippen LogP contribution is 2.20. The van der Waals surface area contributed by atoms with Crippen molar-refractivity contribution >= 4 is 28.8 Å². The second kappa shape index (κ2) is 7.10. The maximum absolute atomic E-state index is 12.2. The number of aromatic nitrogens is 2. The van der Waals surface area contributed by atoms with Gasteiger partial charge >= 0.3 is 0 Å². The first-order valence-corrected chi connectivity index (χ1v) is 8.21. The van der Waals surface area contributed by atoms with Gasteiger partial charge in [0.2, 0.25) is 5.91 Å².